The van der Waals surface area contributed by atoms with E-state index in [0.29, 0.717) is 12.4 Å². The summed E-state index contributed by atoms with van der Waals surface area (Å²) in [5.74, 6) is 0.722. The van der Waals surface area contributed by atoms with Crippen LogP contribution in [-0.2, 0) is 10.3 Å². The van der Waals surface area contributed by atoms with Gasteiger partial charge in [-0.2, -0.15) is 5.10 Å². The Labute approximate surface area is 135 Å². The van der Waals surface area contributed by atoms with Gasteiger partial charge in [0.25, 0.3) is 5.91 Å². The number of rotatable bonds is 4. The summed E-state index contributed by atoms with van der Waals surface area (Å²) in [5, 5.41) is 7.11. The Morgan fingerprint density at radius 3 is 2.87 bits per heavy atom. The molecule has 122 valence electrons. The predicted molar refractivity (Wildman–Crippen MR) is 84.6 cm³/mol. The molecule has 0 bridgehead atoms. The third kappa shape index (κ3) is 2.76. The molecule has 8 nitrogen and oxygen atoms in total. The third-order valence-corrected chi connectivity index (χ3v) is 4.28. The average Bonchev–Trinajstić information content (AvgIpc) is 3.25. The van der Waals surface area contributed by atoms with Crippen LogP contribution >= 0.6 is 0 Å². The normalized spacial score (nSPS) is 18.2. The Bertz CT molecular complexity index is 683. The first-order valence-corrected chi connectivity index (χ1v) is 7.70. The van der Waals surface area contributed by atoms with Crippen molar-refractivity contribution in [1.29, 1.82) is 0 Å². The largest absolute Gasteiger partial charge is 0.372 e. The van der Waals surface area contributed by atoms with Crippen LogP contribution in [0.3, 0.4) is 0 Å². The standard InChI is InChI=1S/C15H21N7O/c1-15(2,22-10-18-9-19-22)14(23)21-6-4-5-12(21)11-7-17-8-13(16-3)20-11/h7-10,12H,4-6H2,1-3H3,(H,16,20)/t12-/m0/s1. The highest BCUT2D eigenvalue weighted by molar-refractivity contribution is 5.84. The molecule has 1 fully saturated rings. The molecule has 0 unspecified atom stereocenters. The van der Waals surface area contributed by atoms with Gasteiger partial charge < -0.3 is 10.2 Å². The van der Waals surface area contributed by atoms with Gasteiger partial charge >= 0.3 is 0 Å². The van der Waals surface area contributed by atoms with E-state index >= 15 is 0 Å². The minimum Gasteiger partial charge on any atom is -0.372 e. The number of hydrogen-bond acceptors (Lipinski definition) is 6. The number of anilines is 1. The molecule has 1 saturated heterocycles. The zero-order chi connectivity index (χ0) is 16.4. The van der Waals surface area contributed by atoms with E-state index < -0.39 is 5.54 Å². The summed E-state index contributed by atoms with van der Waals surface area (Å²) in [5.41, 5.74) is 0.0322. The third-order valence-electron chi connectivity index (χ3n) is 4.28. The van der Waals surface area contributed by atoms with Crippen LogP contribution in [0.2, 0.25) is 0 Å². The van der Waals surface area contributed by atoms with E-state index in [-0.39, 0.29) is 11.9 Å². The van der Waals surface area contributed by atoms with Crippen molar-refractivity contribution in [2.75, 3.05) is 18.9 Å². The lowest BCUT2D eigenvalue weighted by atomic mass is 10.0. The Hall–Kier alpha value is -2.51. The predicted octanol–water partition coefficient (Wildman–Crippen LogP) is 1.21. The van der Waals surface area contributed by atoms with Crippen LogP contribution in [0.5, 0.6) is 0 Å². The van der Waals surface area contributed by atoms with Crippen LogP contribution in [0.15, 0.2) is 25.0 Å². The number of carbonyl (C=O) groups is 1. The van der Waals surface area contributed by atoms with E-state index in [0.717, 1.165) is 18.5 Å². The molecule has 1 aliphatic heterocycles. The van der Waals surface area contributed by atoms with Crippen molar-refractivity contribution in [3.05, 3.63) is 30.7 Å². The van der Waals surface area contributed by atoms with Crippen LogP contribution in [0.4, 0.5) is 5.82 Å². The van der Waals surface area contributed by atoms with Gasteiger partial charge in [-0.25, -0.2) is 14.6 Å². The Morgan fingerprint density at radius 1 is 1.35 bits per heavy atom. The van der Waals surface area contributed by atoms with E-state index in [1.54, 1.807) is 30.5 Å². The molecule has 1 atom stereocenters. The highest BCUT2D eigenvalue weighted by Crippen LogP contribution is 2.34. The SMILES string of the molecule is CNc1cncc([C@@H]2CCCN2C(=O)C(C)(C)n2cncn2)n1. The molecule has 2 aromatic heterocycles. The molecule has 23 heavy (non-hydrogen) atoms. The molecule has 0 aromatic carbocycles. The van der Waals surface area contributed by atoms with Crippen LogP contribution in [0.25, 0.3) is 0 Å². The fourth-order valence-corrected chi connectivity index (χ4v) is 2.93. The molecular weight excluding hydrogens is 294 g/mol. The number of aromatic nitrogens is 5. The van der Waals surface area contributed by atoms with Gasteiger partial charge in [-0.15, -0.1) is 0 Å². The number of amides is 1. The quantitative estimate of drug-likeness (QED) is 0.912. The molecule has 0 saturated carbocycles. The van der Waals surface area contributed by atoms with Gasteiger partial charge in [-0.05, 0) is 26.7 Å². The summed E-state index contributed by atoms with van der Waals surface area (Å²) < 4.78 is 1.60. The van der Waals surface area contributed by atoms with Crippen LogP contribution in [0.1, 0.15) is 38.4 Å². The molecule has 1 N–H and O–H groups in total. The van der Waals surface area contributed by atoms with Gasteiger partial charge in [0.15, 0.2) is 0 Å². The van der Waals surface area contributed by atoms with Gasteiger partial charge in [0.05, 0.1) is 24.1 Å². The lowest BCUT2D eigenvalue weighted by molar-refractivity contribution is -0.140. The van der Waals surface area contributed by atoms with E-state index in [9.17, 15) is 4.79 Å². The van der Waals surface area contributed by atoms with Crippen LogP contribution < -0.4 is 5.32 Å². The van der Waals surface area contributed by atoms with Gasteiger partial charge in [0.1, 0.15) is 24.0 Å². The Kier molecular flexibility index (Phi) is 3.97. The molecule has 0 aliphatic carbocycles. The highest BCUT2D eigenvalue weighted by Gasteiger charge is 2.40. The molecule has 3 heterocycles. The lowest BCUT2D eigenvalue weighted by Gasteiger charge is -2.32. The van der Waals surface area contributed by atoms with Crippen molar-refractivity contribution in [3.63, 3.8) is 0 Å². The summed E-state index contributed by atoms with van der Waals surface area (Å²) in [6.07, 6.45) is 8.27. The van der Waals surface area contributed by atoms with Crippen LogP contribution in [-0.4, -0.2) is 49.1 Å². The van der Waals surface area contributed by atoms with Crippen molar-refractivity contribution in [1.82, 2.24) is 29.6 Å². The Morgan fingerprint density at radius 2 is 2.17 bits per heavy atom. The summed E-state index contributed by atoms with van der Waals surface area (Å²) in [4.78, 5) is 27.7. The van der Waals surface area contributed by atoms with Gasteiger partial charge in [0, 0.05) is 13.6 Å². The van der Waals surface area contributed by atoms with Gasteiger partial charge in [0.2, 0.25) is 0 Å². The van der Waals surface area contributed by atoms with Gasteiger partial charge in [-0.1, -0.05) is 0 Å². The topological polar surface area (TPSA) is 88.8 Å². The molecule has 1 aliphatic rings. The first-order valence-electron chi connectivity index (χ1n) is 7.70. The number of nitrogens with one attached hydrogen (secondary N) is 1. The zero-order valence-electron chi connectivity index (χ0n) is 13.6. The second-order valence-corrected chi connectivity index (χ2v) is 6.13. The minimum atomic E-state index is -0.785. The fourth-order valence-electron chi connectivity index (χ4n) is 2.93. The first-order chi connectivity index (χ1) is 11.0. The molecule has 3 rings (SSSR count). The number of hydrogen-bond donors (Lipinski definition) is 1. The second-order valence-electron chi connectivity index (χ2n) is 6.13. The Balaban J connectivity index is 1.88. The molecular formula is C15H21N7O. The molecule has 0 spiro atoms. The monoisotopic (exact) mass is 315 g/mol. The molecule has 2 aromatic rings. The van der Waals surface area contributed by atoms with Crippen molar-refractivity contribution < 1.29 is 4.79 Å². The average molecular weight is 315 g/mol. The maximum Gasteiger partial charge on any atom is 0.250 e. The minimum absolute atomic E-state index is 0.0159. The summed E-state index contributed by atoms with van der Waals surface area (Å²) >= 11 is 0. The zero-order valence-corrected chi connectivity index (χ0v) is 13.6. The van der Waals surface area contributed by atoms with E-state index in [1.807, 2.05) is 18.7 Å². The second kappa shape index (κ2) is 5.94. The smallest absolute Gasteiger partial charge is 0.250 e. The van der Waals surface area contributed by atoms with Crippen molar-refractivity contribution in [2.45, 2.75) is 38.3 Å². The number of likely N-dealkylation sites (tertiary alicyclic amines) is 1. The highest BCUT2D eigenvalue weighted by atomic mass is 16.2. The van der Waals surface area contributed by atoms with Gasteiger partial charge in [-0.3, -0.25) is 9.78 Å². The molecule has 0 radical (unpaired) electrons. The van der Waals surface area contributed by atoms with E-state index in [1.165, 1.54) is 6.33 Å². The maximum absolute atomic E-state index is 13.1. The number of carbonyl (C=O) groups excluding carboxylic acids is 1. The maximum atomic E-state index is 13.1. The van der Waals surface area contributed by atoms with Crippen molar-refractivity contribution in [2.24, 2.45) is 0 Å². The first kappa shape index (κ1) is 15.4. The van der Waals surface area contributed by atoms with E-state index in [4.69, 9.17) is 0 Å². The molecule has 1 amide bonds. The summed E-state index contributed by atoms with van der Waals surface area (Å²) in [7, 11) is 1.80. The lowest BCUT2D eigenvalue weighted by Crippen LogP contribution is -2.47. The number of nitrogens with zero attached hydrogens (tertiary/aromatic N) is 6. The summed E-state index contributed by atoms with van der Waals surface area (Å²) in [6.45, 7) is 4.43. The van der Waals surface area contributed by atoms with Crippen molar-refractivity contribution >= 4 is 11.7 Å². The summed E-state index contributed by atoms with van der Waals surface area (Å²) in [6, 6.07) is -0.0499. The van der Waals surface area contributed by atoms with Crippen molar-refractivity contribution in [3.8, 4) is 0 Å². The van der Waals surface area contributed by atoms with Crippen LogP contribution in [0, 0.1) is 0 Å². The fraction of sp³-hybridized carbons (Fsp3) is 0.533. The van der Waals surface area contributed by atoms with E-state index in [2.05, 4.69) is 25.4 Å². The molecule has 8 heteroatoms.